The molecule has 0 amide bonds. The first-order chi connectivity index (χ1) is 7.04. The summed E-state index contributed by atoms with van der Waals surface area (Å²) in [6, 6.07) is 5.96. The molecule has 15 heavy (non-hydrogen) atoms. The van der Waals surface area contributed by atoms with Gasteiger partial charge in [-0.1, -0.05) is 23.8 Å². The molecule has 0 radical (unpaired) electrons. The van der Waals surface area contributed by atoms with E-state index in [0.717, 1.165) is 16.7 Å². The van der Waals surface area contributed by atoms with Crippen molar-refractivity contribution >= 4 is 5.97 Å². The number of hydrogen-bond donors (Lipinski definition) is 1. The molecule has 82 valence electrons. The van der Waals surface area contributed by atoms with Crippen LogP contribution in [0.2, 0.25) is 0 Å². The molecule has 0 heterocycles. The minimum atomic E-state index is -1.07. The van der Waals surface area contributed by atoms with Crippen molar-refractivity contribution in [3.05, 3.63) is 34.9 Å². The van der Waals surface area contributed by atoms with E-state index in [1.165, 1.54) is 7.11 Å². The fraction of sp³-hybridized carbons (Fsp3) is 0.417. The molecule has 0 saturated carbocycles. The van der Waals surface area contributed by atoms with Crippen molar-refractivity contribution in [2.45, 2.75) is 26.4 Å². The van der Waals surface area contributed by atoms with Gasteiger partial charge in [0, 0.05) is 6.42 Å². The maximum Gasteiger partial charge on any atom is 0.335 e. The zero-order valence-electron chi connectivity index (χ0n) is 9.28. The van der Waals surface area contributed by atoms with Gasteiger partial charge in [0.2, 0.25) is 0 Å². The fourth-order valence-electron chi connectivity index (χ4n) is 1.45. The van der Waals surface area contributed by atoms with E-state index in [9.17, 15) is 9.90 Å². The molecule has 0 aromatic heterocycles. The summed E-state index contributed by atoms with van der Waals surface area (Å²) >= 11 is 0. The number of carbonyl (C=O) groups excluding carboxylic acids is 1. The Balaban J connectivity index is 2.80. The van der Waals surface area contributed by atoms with Crippen LogP contribution in [0.1, 0.15) is 16.7 Å². The van der Waals surface area contributed by atoms with Crippen LogP contribution in [-0.2, 0) is 16.0 Å². The number of benzene rings is 1. The third-order valence-electron chi connectivity index (χ3n) is 2.39. The average molecular weight is 208 g/mol. The van der Waals surface area contributed by atoms with Crippen LogP contribution in [-0.4, -0.2) is 24.3 Å². The van der Waals surface area contributed by atoms with E-state index in [-0.39, 0.29) is 0 Å². The van der Waals surface area contributed by atoms with Gasteiger partial charge in [-0.25, -0.2) is 4.79 Å². The maximum atomic E-state index is 11.0. The van der Waals surface area contributed by atoms with Crippen molar-refractivity contribution in [3.8, 4) is 0 Å². The van der Waals surface area contributed by atoms with E-state index in [1.54, 1.807) is 0 Å². The van der Waals surface area contributed by atoms with Gasteiger partial charge in [-0.15, -0.1) is 0 Å². The number of carbonyl (C=O) groups is 1. The molecule has 1 rings (SSSR count). The lowest BCUT2D eigenvalue weighted by Gasteiger charge is -2.11. The number of hydrogen-bond acceptors (Lipinski definition) is 3. The van der Waals surface area contributed by atoms with E-state index in [2.05, 4.69) is 4.74 Å². The Morgan fingerprint density at radius 3 is 2.73 bits per heavy atom. The molecule has 0 aliphatic carbocycles. The number of ether oxygens (including phenoxy) is 1. The van der Waals surface area contributed by atoms with Crippen LogP contribution in [0.15, 0.2) is 18.2 Å². The van der Waals surface area contributed by atoms with E-state index in [1.807, 2.05) is 32.0 Å². The Labute approximate surface area is 89.7 Å². The molecule has 1 aromatic rings. The molecular formula is C12H16O3. The van der Waals surface area contributed by atoms with Crippen molar-refractivity contribution in [2.75, 3.05) is 7.11 Å². The van der Waals surface area contributed by atoms with Gasteiger partial charge in [0.15, 0.2) is 6.10 Å². The zero-order chi connectivity index (χ0) is 11.4. The molecule has 1 atom stereocenters. The van der Waals surface area contributed by atoms with E-state index in [4.69, 9.17) is 0 Å². The Kier molecular flexibility index (Phi) is 3.86. The summed E-state index contributed by atoms with van der Waals surface area (Å²) in [6.45, 7) is 3.94. The Morgan fingerprint density at radius 2 is 2.13 bits per heavy atom. The van der Waals surface area contributed by atoms with Gasteiger partial charge in [-0.3, -0.25) is 0 Å². The molecule has 0 fully saturated rings. The minimum absolute atomic E-state index is 0.306. The van der Waals surface area contributed by atoms with Crippen LogP contribution in [0.4, 0.5) is 0 Å². The van der Waals surface area contributed by atoms with Gasteiger partial charge in [0.1, 0.15) is 0 Å². The summed E-state index contributed by atoms with van der Waals surface area (Å²) in [7, 11) is 1.27. The Morgan fingerprint density at radius 1 is 1.47 bits per heavy atom. The number of aliphatic hydroxyl groups excluding tert-OH is 1. The van der Waals surface area contributed by atoms with Crippen LogP contribution in [0.25, 0.3) is 0 Å². The van der Waals surface area contributed by atoms with Gasteiger partial charge >= 0.3 is 5.97 Å². The van der Waals surface area contributed by atoms with Crippen molar-refractivity contribution in [1.82, 2.24) is 0 Å². The summed E-state index contributed by atoms with van der Waals surface area (Å²) in [5.74, 6) is -0.587. The summed E-state index contributed by atoms with van der Waals surface area (Å²) in [5, 5.41) is 9.51. The predicted molar refractivity (Wildman–Crippen MR) is 57.6 cm³/mol. The number of methoxy groups -OCH3 is 1. The predicted octanol–water partition coefficient (Wildman–Crippen LogP) is 1.38. The highest BCUT2D eigenvalue weighted by molar-refractivity contribution is 5.74. The SMILES string of the molecule is COC(=O)C(O)Cc1cc(C)ccc1C. The van der Waals surface area contributed by atoms with Gasteiger partial charge in [0.05, 0.1) is 7.11 Å². The lowest BCUT2D eigenvalue weighted by Crippen LogP contribution is -2.24. The molecule has 3 heteroatoms. The molecule has 1 N–H and O–H groups in total. The summed E-state index contributed by atoms with van der Waals surface area (Å²) in [4.78, 5) is 11.0. The van der Waals surface area contributed by atoms with E-state index >= 15 is 0 Å². The lowest BCUT2D eigenvalue weighted by molar-refractivity contribution is -0.150. The van der Waals surface area contributed by atoms with E-state index in [0.29, 0.717) is 6.42 Å². The molecule has 0 aliphatic rings. The molecule has 0 spiro atoms. The molecule has 0 bridgehead atoms. The third-order valence-corrected chi connectivity index (χ3v) is 2.39. The molecule has 0 aliphatic heterocycles. The second kappa shape index (κ2) is 4.94. The second-order valence-corrected chi connectivity index (χ2v) is 3.67. The molecule has 1 aromatic carbocycles. The van der Waals surface area contributed by atoms with Gasteiger partial charge in [-0.05, 0) is 25.0 Å². The third kappa shape index (κ3) is 3.06. The van der Waals surface area contributed by atoms with Crippen molar-refractivity contribution < 1.29 is 14.6 Å². The van der Waals surface area contributed by atoms with Crippen molar-refractivity contribution in [2.24, 2.45) is 0 Å². The first-order valence-electron chi connectivity index (χ1n) is 4.86. The normalized spacial score (nSPS) is 12.3. The van der Waals surface area contributed by atoms with Crippen LogP contribution in [0.3, 0.4) is 0 Å². The van der Waals surface area contributed by atoms with Gasteiger partial charge in [-0.2, -0.15) is 0 Å². The van der Waals surface area contributed by atoms with E-state index < -0.39 is 12.1 Å². The smallest absolute Gasteiger partial charge is 0.335 e. The quantitative estimate of drug-likeness (QED) is 0.763. The van der Waals surface area contributed by atoms with Crippen LogP contribution in [0, 0.1) is 13.8 Å². The Hall–Kier alpha value is -1.35. The highest BCUT2D eigenvalue weighted by Crippen LogP contribution is 2.13. The summed E-state index contributed by atoms with van der Waals surface area (Å²) in [6.07, 6.45) is -0.768. The number of esters is 1. The topological polar surface area (TPSA) is 46.5 Å². The second-order valence-electron chi connectivity index (χ2n) is 3.67. The first kappa shape index (κ1) is 11.7. The highest BCUT2D eigenvalue weighted by Gasteiger charge is 2.16. The molecular weight excluding hydrogens is 192 g/mol. The lowest BCUT2D eigenvalue weighted by atomic mass is 10.0. The summed E-state index contributed by atoms with van der Waals surface area (Å²) < 4.78 is 4.47. The average Bonchev–Trinajstić information content (AvgIpc) is 2.22. The fourth-order valence-corrected chi connectivity index (χ4v) is 1.45. The zero-order valence-corrected chi connectivity index (χ0v) is 9.28. The number of aliphatic hydroxyl groups is 1. The van der Waals surface area contributed by atoms with Crippen molar-refractivity contribution in [1.29, 1.82) is 0 Å². The molecule has 1 unspecified atom stereocenters. The standard InChI is InChI=1S/C12H16O3/c1-8-4-5-9(2)10(6-8)7-11(13)12(14)15-3/h4-6,11,13H,7H2,1-3H3. The van der Waals surface area contributed by atoms with Crippen molar-refractivity contribution in [3.63, 3.8) is 0 Å². The van der Waals surface area contributed by atoms with Crippen LogP contribution >= 0.6 is 0 Å². The first-order valence-corrected chi connectivity index (χ1v) is 4.86. The number of rotatable bonds is 3. The van der Waals surface area contributed by atoms with Crippen LogP contribution < -0.4 is 0 Å². The van der Waals surface area contributed by atoms with Crippen LogP contribution in [0.5, 0.6) is 0 Å². The minimum Gasteiger partial charge on any atom is -0.467 e. The van der Waals surface area contributed by atoms with Gasteiger partial charge in [0.25, 0.3) is 0 Å². The van der Waals surface area contributed by atoms with Gasteiger partial charge < -0.3 is 9.84 Å². The maximum absolute atomic E-state index is 11.0. The molecule has 0 saturated heterocycles. The summed E-state index contributed by atoms with van der Waals surface area (Å²) in [5.41, 5.74) is 3.17. The Bertz CT molecular complexity index is 358. The highest BCUT2D eigenvalue weighted by atomic mass is 16.5. The largest absolute Gasteiger partial charge is 0.467 e. The number of aryl methyl sites for hydroxylation is 2. The monoisotopic (exact) mass is 208 g/mol. The molecule has 3 nitrogen and oxygen atoms in total.